The Balaban J connectivity index is 1.93. The van der Waals surface area contributed by atoms with Crippen molar-refractivity contribution in [1.82, 2.24) is 19.9 Å². The summed E-state index contributed by atoms with van der Waals surface area (Å²) in [7, 11) is 3.28. The number of benzene rings is 1. The van der Waals surface area contributed by atoms with Crippen LogP contribution in [0.5, 0.6) is 6.01 Å². The van der Waals surface area contributed by atoms with E-state index < -0.39 is 0 Å². The lowest BCUT2D eigenvalue weighted by molar-refractivity contribution is 0.374. The molecule has 0 aliphatic heterocycles. The van der Waals surface area contributed by atoms with Crippen LogP contribution >= 0.6 is 23.1 Å². The summed E-state index contributed by atoms with van der Waals surface area (Å²) in [4.78, 5) is 17.1. The van der Waals surface area contributed by atoms with E-state index in [0.29, 0.717) is 11.1 Å². The van der Waals surface area contributed by atoms with Crippen LogP contribution in [0.2, 0.25) is 0 Å². The van der Waals surface area contributed by atoms with E-state index in [1.807, 2.05) is 24.3 Å². The minimum absolute atomic E-state index is 0.285. The van der Waals surface area contributed by atoms with Gasteiger partial charge in [0.1, 0.15) is 0 Å². The molecule has 0 aliphatic carbocycles. The molecule has 0 atom stereocenters. The summed E-state index contributed by atoms with van der Waals surface area (Å²) in [6, 6.07) is 8.29. The first-order valence-electron chi connectivity index (χ1n) is 5.80. The molecule has 0 saturated heterocycles. The monoisotopic (exact) mass is 305 g/mol. The molecule has 0 aliphatic rings. The summed E-state index contributed by atoms with van der Waals surface area (Å²) in [6.07, 6.45) is 0. The summed E-state index contributed by atoms with van der Waals surface area (Å²) in [5.41, 5.74) is 0.981. The molecule has 2 heterocycles. The van der Waals surface area contributed by atoms with Gasteiger partial charge in [0.25, 0.3) is 0 Å². The molecular weight excluding hydrogens is 294 g/mol. The van der Waals surface area contributed by atoms with E-state index >= 15 is 0 Å². The van der Waals surface area contributed by atoms with Gasteiger partial charge in [0.15, 0.2) is 4.34 Å². The van der Waals surface area contributed by atoms with Crippen LogP contribution in [-0.4, -0.2) is 34.1 Å². The first-order chi connectivity index (χ1) is 9.78. The van der Waals surface area contributed by atoms with Crippen LogP contribution < -0.4 is 10.1 Å². The number of para-hydroxylation sites is 1. The quantitative estimate of drug-likeness (QED) is 0.794. The van der Waals surface area contributed by atoms with Gasteiger partial charge in [-0.1, -0.05) is 12.1 Å². The summed E-state index contributed by atoms with van der Waals surface area (Å²) >= 11 is 3.01. The van der Waals surface area contributed by atoms with Crippen LogP contribution in [0.3, 0.4) is 0 Å². The van der Waals surface area contributed by atoms with Crippen LogP contribution in [0.25, 0.3) is 10.2 Å². The van der Waals surface area contributed by atoms with Gasteiger partial charge < -0.3 is 10.1 Å². The molecule has 0 amide bonds. The molecule has 20 heavy (non-hydrogen) atoms. The van der Waals surface area contributed by atoms with Crippen LogP contribution in [0.4, 0.5) is 5.95 Å². The summed E-state index contributed by atoms with van der Waals surface area (Å²) < 4.78 is 7.10. The maximum Gasteiger partial charge on any atom is 0.321 e. The molecule has 3 rings (SSSR count). The van der Waals surface area contributed by atoms with Crippen molar-refractivity contribution in [2.75, 3.05) is 19.5 Å². The van der Waals surface area contributed by atoms with E-state index in [1.165, 1.54) is 18.9 Å². The SMILES string of the molecule is CNc1nc(OC)nc(Sc2nc3ccccc3s2)n1. The van der Waals surface area contributed by atoms with Crippen molar-refractivity contribution in [3.8, 4) is 6.01 Å². The normalized spacial score (nSPS) is 10.7. The molecule has 0 saturated carbocycles. The lowest BCUT2D eigenvalue weighted by Gasteiger charge is -2.03. The Hall–Kier alpha value is -1.93. The van der Waals surface area contributed by atoms with Crippen LogP contribution in [0.15, 0.2) is 33.8 Å². The average molecular weight is 305 g/mol. The van der Waals surface area contributed by atoms with Crippen molar-refractivity contribution in [2.24, 2.45) is 0 Å². The van der Waals surface area contributed by atoms with Gasteiger partial charge >= 0.3 is 6.01 Å². The summed E-state index contributed by atoms with van der Waals surface area (Å²) in [6.45, 7) is 0. The summed E-state index contributed by atoms with van der Waals surface area (Å²) in [5.74, 6) is 0.473. The molecule has 0 unspecified atom stereocenters. The van der Waals surface area contributed by atoms with Gasteiger partial charge in [0.05, 0.1) is 17.3 Å². The molecule has 1 aromatic carbocycles. The van der Waals surface area contributed by atoms with Gasteiger partial charge in [-0.3, -0.25) is 0 Å². The number of hydrogen-bond acceptors (Lipinski definition) is 8. The third-order valence-electron chi connectivity index (χ3n) is 2.45. The number of fused-ring (bicyclic) bond motifs is 1. The second kappa shape index (κ2) is 5.59. The Labute approximate surface area is 123 Å². The van der Waals surface area contributed by atoms with Gasteiger partial charge in [-0.2, -0.15) is 15.0 Å². The van der Waals surface area contributed by atoms with E-state index in [9.17, 15) is 0 Å². The second-order valence-electron chi connectivity index (χ2n) is 3.73. The fourth-order valence-corrected chi connectivity index (χ4v) is 3.47. The fourth-order valence-electron chi connectivity index (χ4n) is 1.56. The molecule has 0 radical (unpaired) electrons. The Kier molecular flexibility index (Phi) is 3.66. The lowest BCUT2D eigenvalue weighted by Crippen LogP contribution is -2.02. The number of nitrogens with zero attached hydrogens (tertiary/aromatic N) is 4. The highest BCUT2D eigenvalue weighted by atomic mass is 32.2. The van der Waals surface area contributed by atoms with E-state index in [4.69, 9.17) is 4.74 Å². The van der Waals surface area contributed by atoms with Gasteiger partial charge in [0.2, 0.25) is 11.1 Å². The number of rotatable bonds is 4. The Morgan fingerprint density at radius 1 is 1.15 bits per heavy atom. The van der Waals surface area contributed by atoms with Crippen LogP contribution in [0.1, 0.15) is 0 Å². The first-order valence-corrected chi connectivity index (χ1v) is 7.43. The standard InChI is InChI=1S/C12H11N5OS2/c1-13-9-15-10(18-2)17-11(16-9)20-12-14-7-5-3-4-6-8(7)19-12/h3-6H,1-2H3,(H,13,15,16,17). The van der Waals surface area contributed by atoms with Gasteiger partial charge in [0, 0.05) is 7.05 Å². The smallest absolute Gasteiger partial charge is 0.321 e. The Morgan fingerprint density at radius 2 is 2.00 bits per heavy atom. The molecule has 3 aromatic rings. The van der Waals surface area contributed by atoms with Crippen molar-refractivity contribution in [2.45, 2.75) is 9.50 Å². The van der Waals surface area contributed by atoms with E-state index in [-0.39, 0.29) is 6.01 Å². The zero-order valence-corrected chi connectivity index (χ0v) is 12.5. The molecule has 6 nitrogen and oxygen atoms in total. The Bertz CT molecular complexity index is 690. The molecule has 0 fully saturated rings. The number of ether oxygens (including phenoxy) is 1. The lowest BCUT2D eigenvalue weighted by atomic mass is 10.3. The molecule has 8 heteroatoms. The number of methoxy groups -OCH3 is 1. The molecule has 102 valence electrons. The second-order valence-corrected chi connectivity index (χ2v) is 5.97. The van der Waals surface area contributed by atoms with Crippen LogP contribution in [0, 0.1) is 0 Å². The van der Waals surface area contributed by atoms with E-state index in [0.717, 1.165) is 14.6 Å². The third-order valence-corrected chi connectivity index (χ3v) is 4.42. The fraction of sp³-hybridized carbons (Fsp3) is 0.167. The minimum atomic E-state index is 0.285. The number of anilines is 1. The third kappa shape index (κ3) is 2.66. The predicted octanol–water partition coefficient (Wildman–Crippen LogP) is 2.68. The molecule has 0 bridgehead atoms. The van der Waals surface area contributed by atoms with Crippen LogP contribution in [-0.2, 0) is 0 Å². The van der Waals surface area contributed by atoms with Gasteiger partial charge in [-0.15, -0.1) is 11.3 Å². The van der Waals surface area contributed by atoms with E-state index in [2.05, 4.69) is 25.3 Å². The van der Waals surface area contributed by atoms with Crippen molar-refractivity contribution in [3.05, 3.63) is 24.3 Å². The highest BCUT2D eigenvalue weighted by Crippen LogP contribution is 2.33. The maximum atomic E-state index is 5.06. The van der Waals surface area contributed by atoms with Gasteiger partial charge in [-0.25, -0.2) is 4.98 Å². The van der Waals surface area contributed by atoms with E-state index in [1.54, 1.807) is 18.4 Å². The predicted molar refractivity (Wildman–Crippen MR) is 79.7 cm³/mol. The number of nitrogens with one attached hydrogen (secondary N) is 1. The molecule has 1 N–H and O–H groups in total. The number of hydrogen-bond donors (Lipinski definition) is 1. The van der Waals surface area contributed by atoms with Crippen molar-refractivity contribution in [1.29, 1.82) is 0 Å². The number of thiazole rings is 1. The molecule has 0 spiro atoms. The largest absolute Gasteiger partial charge is 0.467 e. The van der Waals surface area contributed by atoms with Crippen molar-refractivity contribution < 1.29 is 4.74 Å². The number of aromatic nitrogens is 4. The zero-order chi connectivity index (χ0) is 13.9. The highest BCUT2D eigenvalue weighted by Gasteiger charge is 2.10. The van der Waals surface area contributed by atoms with Crippen molar-refractivity contribution >= 4 is 39.3 Å². The maximum absolute atomic E-state index is 5.06. The van der Waals surface area contributed by atoms with Crippen molar-refractivity contribution in [3.63, 3.8) is 0 Å². The average Bonchev–Trinajstić information content (AvgIpc) is 2.88. The first kappa shape index (κ1) is 13.1. The zero-order valence-electron chi connectivity index (χ0n) is 10.8. The highest BCUT2D eigenvalue weighted by molar-refractivity contribution is 8.01. The molecule has 2 aromatic heterocycles. The van der Waals surface area contributed by atoms with Gasteiger partial charge in [-0.05, 0) is 23.9 Å². The topological polar surface area (TPSA) is 72.8 Å². The molecular formula is C12H11N5OS2. The minimum Gasteiger partial charge on any atom is -0.467 e. The summed E-state index contributed by atoms with van der Waals surface area (Å²) in [5, 5.41) is 3.44. The Morgan fingerprint density at radius 3 is 2.75 bits per heavy atom.